The molecular weight excluding hydrogens is 598 g/mol. The number of hydrogen-bond acceptors (Lipinski definition) is 11. The summed E-state index contributed by atoms with van der Waals surface area (Å²) in [6.07, 6.45) is -0.829. The van der Waals surface area contributed by atoms with Crippen LogP contribution in [0, 0.1) is 0 Å². The number of thioether (sulfide) groups is 2. The Bertz CT molecular complexity index is 1550. The number of benzene rings is 2. The maximum Gasteiger partial charge on any atom is 0.408 e. The molecule has 3 N–H and O–H groups in total. The average molecular weight is 626 g/mol. The van der Waals surface area contributed by atoms with Gasteiger partial charge in [0.15, 0.2) is 0 Å². The highest BCUT2D eigenvalue weighted by molar-refractivity contribution is 8.01. The molecule has 14 nitrogen and oxygen atoms in total. The third-order valence-electron chi connectivity index (χ3n) is 6.69. The first-order valence-corrected chi connectivity index (χ1v) is 15.0. The zero-order chi connectivity index (χ0) is 30.5. The Morgan fingerprint density at radius 3 is 2.56 bits per heavy atom. The van der Waals surface area contributed by atoms with E-state index in [9.17, 15) is 24.3 Å². The SMILES string of the molecule is COc1ccc(COC(=O)NC(C(=O)NC2C(=O)N3C(C(=O)O)=C(CSc4nnnn4C)CSC23)c2ccccc2)cc1. The minimum atomic E-state index is -1.24. The molecule has 5 rings (SSSR count). The summed E-state index contributed by atoms with van der Waals surface area (Å²) >= 11 is 2.60. The molecule has 0 saturated carbocycles. The van der Waals surface area contributed by atoms with E-state index in [-0.39, 0.29) is 18.1 Å². The van der Waals surface area contributed by atoms with Crippen molar-refractivity contribution in [1.29, 1.82) is 0 Å². The van der Waals surface area contributed by atoms with Crippen molar-refractivity contribution in [3.63, 3.8) is 0 Å². The molecule has 0 radical (unpaired) electrons. The second-order valence-corrected chi connectivity index (χ2v) is 11.5. The maximum absolute atomic E-state index is 13.5. The molecule has 3 atom stereocenters. The standard InChI is InChI=1S/C27H27N7O7S2/c1-33-26(30-31-32-33)43-14-17-13-42-24-20(23(36)34(24)21(17)25(37)38)28-22(35)19(16-6-4-3-5-7-16)29-27(39)41-12-15-8-10-18(40-2)11-9-15/h3-11,19-20,24H,12-14H2,1-2H3,(H,28,35)(H,29,39)(H,37,38). The number of rotatable bonds is 11. The van der Waals surface area contributed by atoms with E-state index in [2.05, 4.69) is 26.2 Å². The number of tetrazole rings is 1. The van der Waals surface area contributed by atoms with E-state index in [0.29, 0.717) is 27.8 Å². The van der Waals surface area contributed by atoms with E-state index < -0.39 is 41.3 Å². The quantitative estimate of drug-likeness (QED) is 0.208. The lowest BCUT2D eigenvalue weighted by molar-refractivity contribution is -0.151. The second-order valence-electron chi connectivity index (χ2n) is 9.44. The number of β-lactam (4-membered cyclic amide) rings is 1. The van der Waals surface area contributed by atoms with Gasteiger partial charge < -0.3 is 25.2 Å². The summed E-state index contributed by atoms with van der Waals surface area (Å²) in [7, 11) is 3.22. The van der Waals surface area contributed by atoms with E-state index in [0.717, 1.165) is 5.56 Å². The summed E-state index contributed by atoms with van der Waals surface area (Å²) in [5.74, 6) is -1.16. The fourth-order valence-corrected chi connectivity index (χ4v) is 6.84. The second kappa shape index (κ2) is 13.2. The summed E-state index contributed by atoms with van der Waals surface area (Å²) in [6.45, 7) is -0.0359. The molecule has 2 aliphatic rings. The lowest BCUT2D eigenvalue weighted by Gasteiger charge is -2.49. The highest BCUT2D eigenvalue weighted by Crippen LogP contribution is 2.41. The number of ether oxygens (including phenoxy) is 2. The number of fused-ring (bicyclic) bond motifs is 1. The van der Waals surface area contributed by atoms with Crippen LogP contribution in [-0.4, -0.2) is 84.1 Å². The smallest absolute Gasteiger partial charge is 0.408 e. The minimum absolute atomic E-state index is 0.0359. The van der Waals surface area contributed by atoms with Crippen molar-refractivity contribution in [2.24, 2.45) is 7.05 Å². The van der Waals surface area contributed by atoms with Crippen molar-refractivity contribution in [2.45, 2.75) is 29.2 Å². The normalized spacial score (nSPS) is 18.3. The van der Waals surface area contributed by atoms with Crippen molar-refractivity contribution < 1.29 is 33.8 Å². The number of carboxylic acids is 1. The number of aryl methyl sites for hydroxylation is 1. The number of aromatic nitrogens is 4. The Morgan fingerprint density at radius 2 is 1.91 bits per heavy atom. The van der Waals surface area contributed by atoms with Crippen molar-refractivity contribution in [3.05, 3.63) is 77.0 Å². The van der Waals surface area contributed by atoms with E-state index in [1.165, 1.54) is 33.1 Å². The Labute approximate surface area is 254 Å². The van der Waals surface area contributed by atoms with Crippen LogP contribution >= 0.6 is 23.5 Å². The number of alkyl carbamates (subject to hydrolysis) is 1. The van der Waals surface area contributed by atoms with Crippen molar-refractivity contribution in [1.82, 2.24) is 35.7 Å². The fraction of sp³-hybridized carbons (Fsp3) is 0.296. The fourth-order valence-electron chi connectivity index (χ4n) is 4.50. The van der Waals surface area contributed by atoms with Gasteiger partial charge in [0.05, 0.1) is 7.11 Å². The van der Waals surface area contributed by atoms with Crippen molar-refractivity contribution >= 4 is 47.4 Å². The molecule has 3 heterocycles. The number of nitrogens with one attached hydrogen (secondary N) is 2. The first-order valence-electron chi connectivity index (χ1n) is 12.9. The molecule has 1 fully saturated rings. The van der Waals surface area contributed by atoms with Crippen LogP contribution in [0.15, 0.2) is 71.0 Å². The molecule has 0 aliphatic carbocycles. The predicted octanol–water partition coefficient (Wildman–Crippen LogP) is 1.72. The number of carboxylic acid groups (broad SMARTS) is 1. The van der Waals surface area contributed by atoms with E-state index in [4.69, 9.17) is 9.47 Å². The van der Waals surface area contributed by atoms with Gasteiger partial charge in [0.2, 0.25) is 11.1 Å². The summed E-state index contributed by atoms with van der Waals surface area (Å²) < 4.78 is 11.9. The molecule has 0 bridgehead atoms. The van der Waals surface area contributed by atoms with E-state index >= 15 is 0 Å². The number of carbonyl (C=O) groups is 4. The van der Waals surface area contributed by atoms with Gasteiger partial charge >= 0.3 is 12.1 Å². The Hall–Kier alpha value is -4.57. The van der Waals surface area contributed by atoms with Crippen LogP contribution in [0.5, 0.6) is 5.75 Å². The monoisotopic (exact) mass is 625 g/mol. The molecule has 3 unspecified atom stereocenters. The summed E-state index contributed by atoms with van der Waals surface area (Å²) in [6, 6.07) is 13.4. The minimum Gasteiger partial charge on any atom is -0.497 e. The van der Waals surface area contributed by atoms with Gasteiger partial charge in [-0.05, 0) is 39.3 Å². The number of aliphatic carboxylic acids is 1. The van der Waals surface area contributed by atoms with E-state index in [1.54, 1.807) is 68.8 Å². The van der Waals surface area contributed by atoms with Crippen molar-refractivity contribution in [3.8, 4) is 5.75 Å². The average Bonchev–Trinajstić information content (AvgIpc) is 3.44. The van der Waals surface area contributed by atoms with Gasteiger partial charge in [-0.25, -0.2) is 14.3 Å². The lowest BCUT2D eigenvalue weighted by atomic mass is 10.0. The zero-order valence-electron chi connectivity index (χ0n) is 23.0. The summed E-state index contributed by atoms with van der Waals surface area (Å²) in [4.78, 5) is 52.8. The van der Waals surface area contributed by atoms with Gasteiger partial charge in [0.25, 0.3) is 5.91 Å². The van der Waals surface area contributed by atoms with Gasteiger partial charge in [0.1, 0.15) is 35.5 Å². The van der Waals surface area contributed by atoms with Crippen LogP contribution in [0.3, 0.4) is 0 Å². The molecule has 224 valence electrons. The number of hydrogen-bond donors (Lipinski definition) is 3. The third-order valence-corrected chi connectivity index (χ3v) is 9.13. The topological polar surface area (TPSA) is 178 Å². The number of carbonyl (C=O) groups excluding carboxylic acids is 3. The molecule has 2 aliphatic heterocycles. The van der Waals surface area contributed by atoms with Gasteiger partial charge in [0, 0.05) is 18.6 Å². The largest absolute Gasteiger partial charge is 0.497 e. The molecule has 1 aromatic heterocycles. The number of amides is 3. The Morgan fingerprint density at radius 1 is 1.16 bits per heavy atom. The van der Waals surface area contributed by atoms with Crippen LogP contribution in [0.2, 0.25) is 0 Å². The van der Waals surface area contributed by atoms with Crippen molar-refractivity contribution in [2.75, 3.05) is 18.6 Å². The molecule has 2 aromatic carbocycles. The Balaban J connectivity index is 1.25. The van der Waals surface area contributed by atoms with Crippen LogP contribution in [0.4, 0.5) is 4.79 Å². The highest BCUT2D eigenvalue weighted by Gasteiger charge is 2.54. The molecule has 16 heteroatoms. The van der Waals surface area contributed by atoms with Gasteiger partial charge in [-0.2, -0.15) is 0 Å². The van der Waals surface area contributed by atoms with E-state index in [1.807, 2.05) is 0 Å². The summed E-state index contributed by atoms with van der Waals surface area (Å²) in [5, 5.41) is 26.3. The van der Waals surface area contributed by atoms with Crippen LogP contribution in [-0.2, 0) is 32.8 Å². The predicted molar refractivity (Wildman–Crippen MR) is 155 cm³/mol. The molecule has 0 spiro atoms. The van der Waals surface area contributed by atoms with Crippen LogP contribution in [0.25, 0.3) is 0 Å². The number of nitrogens with zero attached hydrogens (tertiary/aromatic N) is 5. The maximum atomic E-state index is 13.5. The highest BCUT2D eigenvalue weighted by atomic mass is 32.2. The first-order chi connectivity index (χ1) is 20.8. The van der Waals surface area contributed by atoms with Gasteiger partial charge in [-0.15, -0.1) is 16.9 Å². The number of methoxy groups -OCH3 is 1. The zero-order valence-corrected chi connectivity index (χ0v) is 24.6. The van der Waals surface area contributed by atoms with Crippen LogP contribution in [0.1, 0.15) is 17.2 Å². The van der Waals surface area contributed by atoms with Gasteiger partial charge in [-0.3, -0.25) is 14.5 Å². The third kappa shape index (κ3) is 6.59. The first kappa shape index (κ1) is 29.9. The lowest BCUT2D eigenvalue weighted by Crippen LogP contribution is -2.71. The molecule has 3 amide bonds. The molecule has 3 aromatic rings. The molecule has 43 heavy (non-hydrogen) atoms. The Kier molecular flexibility index (Phi) is 9.16. The van der Waals surface area contributed by atoms with Gasteiger partial charge in [-0.1, -0.05) is 54.2 Å². The molecule has 1 saturated heterocycles. The van der Waals surface area contributed by atoms with Crippen LogP contribution < -0.4 is 15.4 Å². The molecular formula is C27H27N7O7S2. The summed E-state index contributed by atoms with van der Waals surface area (Å²) in [5.41, 5.74) is 1.63.